The Kier molecular flexibility index (Phi) is 8.98. The highest BCUT2D eigenvalue weighted by Crippen LogP contribution is 2.66. The average Bonchev–Trinajstić information content (AvgIpc) is 4.30. The van der Waals surface area contributed by atoms with Crippen LogP contribution in [-0.2, 0) is 10.8 Å². The highest BCUT2D eigenvalue weighted by molar-refractivity contribution is 6.12. The number of para-hydroxylation sites is 4. The van der Waals surface area contributed by atoms with E-state index >= 15 is 0 Å². The summed E-state index contributed by atoms with van der Waals surface area (Å²) < 4.78 is 13.7. The normalized spacial score (nSPS) is 16.4. The van der Waals surface area contributed by atoms with E-state index in [1.165, 1.54) is 66.1 Å². The molecule has 4 heteroatoms. The summed E-state index contributed by atoms with van der Waals surface area (Å²) in [7, 11) is 0. The summed E-state index contributed by atoms with van der Waals surface area (Å²) in [4.78, 5) is 4.83. The largest absolute Gasteiger partial charge is 0.454 e. The number of anilines is 6. The quantitative estimate of drug-likeness (QED) is 0.159. The van der Waals surface area contributed by atoms with Crippen LogP contribution in [-0.4, -0.2) is 0 Å². The zero-order valence-corrected chi connectivity index (χ0v) is 42.0. The lowest BCUT2D eigenvalue weighted by atomic mass is 9.56. The molecule has 2 atom stereocenters. The summed E-state index contributed by atoms with van der Waals surface area (Å²) in [5.41, 5.74) is 18.8. The van der Waals surface area contributed by atoms with Crippen LogP contribution in [0.15, 0.2) is 264 Å². The predicted molar refractivity (Wildman–Crippen MR) is 316 cm³/mol. The van der Waals surface area contributed by atoms with Crippen molar-refractivity contribution in [3.05, 3.63) is 277 Å². The SMILES string of the molecule is CC1(C2(C)c3ccccc3-c3ccc(N(c4ccc5ccccc5c4)c4cccc5c4oc4ccccc45)cc32)c2ccccc2-c2ccc(N(c3ccc4ccccc4c3)c3cccc4c3oc3ccccc34)cc21. The Morgan fingerprint density at radius 3 is 1.11 bits per heavy atom. The van der Waals surface area contributed by atoms with Gasteiger partial charge in [0.2, 0.25) is 0 Å². The van der Waals surface area contributed by atoms with Gasteiger partial charge < -0.3 is 18.6 Å². The second-order valence-electron chi connectivity index (χ2n) is 21.0. The highest BCUT2D eigenvalue weighted by Gasteiger charge is 2.57. The van der Waals surface area contributed by atoms with Crippen molar-refractivity contribution in [2.75, 3.05) is 9.80 Å². The summed E-state index contributed by atoms with van der Waals surface area (Å²) in [6.07, 6.45) is 0. The van der Waals surface area contributed by atoms with Crippen LogP contribution in [0.3, 0.4) is 0 Å². The number of rotatable bonds is 7. The van der Waals surface area contributed by atoms with E-state index in [1.807, 2.05) is 0 Å². The molecule has 0 spiro atoms. The van der Waals surface area contributed by atoms with Crippen molar-refractivity contribution in [1.82, 2.24) is 0 Å². The molecule has 0 bridgehead atoms. The molecular weight excluding hydrogens is 925 g/mol. The molecular formula is C72H48N2O2. The average molecular weight is 973 g/mol. The van der Waals surface area contributed by atoms with E-state index in [9.17, 15) is 0 Å². The smallest absolute Gasteiger partial charge is 0.159 e. The number of benzene rings is 12. The van der Waals surface area contributed by atoms with Crippen molar-refractivity contribution in [2.24, 2.45) is 0 Å². The van der Waals surface area contributed by atoms with Crippen LogP contribution in [0.4, 0.5) is 34.1 Å². The van der Waals surface area contributed by atoms with E-state index in [-0.39, 0.29) is 0 Å². The van der Waals surface area contributed by atoms with Gasteiger partial charge in [-0.05, 0) is 139 Å². The third kappa shape index (κ3) is 5.89. The maximum Gasteiger partial charge on any atom is 0.159 e. The Morgan fingerprint density at radius 2 is 0.632 bits per heavy atom. The van der Waals surface area contributed by atoms with Crippen molar-refractivity contribution >= 4 is 99.5 Å². The molecule has 0 fully saturated rings. The maximum atomic E-state index is 6.86. The van der Waals surface area contributed by atoms with Gasteiger partial charge in [-0.1, -0.05) is 196 Å². The third-order valence-corrected chi connectivity index (χ3v) is 17.3. The fraction of sp³-hybridized carbons (Fsp3) is 0.0556. The van der Waals surface area contributed by atoms with Crippen LogP contribution in [0.2, 0.25) is 0 Å². The number of hydrogen-bond donors (Lipinski definition) is 0. The molecule has 0 saturated carbocycles. The summed E-state index contributed by atoms with van der Waals surface area (Å²) in [5.74, 6) is 0. The molecule has 0 amide bonds. The minimum atomic E-state index is -0.568. The van der Waals surface area contributed by atoms with E-state index in [0.717, 1.165) is 78.0 Å². The second-order valence-corrected chi connectivity index (χ2v) is 21.0. The number of furan rings is 2. The van der Waals surface area contributed by atoms with Crippen LogP contribution >= 0.6 is 0 Å². The van der Waals surface area contributed by atoms with Gasteiger partial charge in [-0.3, -0.25) is 0 Å². The monoisotopic (exact) mass is 972 g/mol. The van der Waals surface area contributed by atoms with Crippen LogP contribution in [0, 0.1) is 0 Å². The van der Waals surface area contributed by atoms with E-state index < -0.39 is 10.8 Å². The molecule has 2 aromatic heterocycles. The molecule has 0 radical (unpaired) electrons. The Balaban J connectivity index is 0.939. The fourth-order valence-electron chi connectivity index (χ4n) is 13.6. The first kappa shape index (κ1) is 42.8. The summed E-state index contributed by atoms with van der Waals surface area (Å²) >= 11 is 0. The second kappa shape index (κ2) is 15.9. The molecule has 2 unspecified atom stereocenters. The Bertz CT molecular complexity index is 4430. The predicted octanol–water partition coefficient (Wildman–Crippen LogP) is 20.0. The van der Waals surface area contributed by atoms with Crippen LogP contribution < -0.4 is 9.80 Å². The molecule has 76 heavy (non-hydrogen) atoms. The van der Waals surface area contributed by atoms with Gasteiger partial charge in [0.15, 0.2) is 11.2 Å². The van der Waals surface area contributed by atoms with Crippen molar-refractivity contribution in [1.29, 1.82) is 0 Å². The summed E-state index contributed by atoms with van der Waals surface area (Å²) in [5, 5.41) is 9.15. The first-order valence-corrected chi connectivity index (χ1v) is 26.3. The molecule has 2 aliphatic carbocycles. The van der Waals surface area contributed by atoms with E-state index in [4.69, 9.17) is 8.83 Å². The van der Waals surface area contributed by atoms with Gasteiger partial charge in [0, 0.05) is 55.1 Å². The van der Waals surface area contributed by atoms with Crippen LogP contribution in [0.5, 0.6) is 0 Å². The lowest BCUT2D eigenvalue weighted by molar-refractivity contribution is 0.376. The Morgan fingerprint density at radius 1 is 0.276 bits per heavy atom. The zero-order valence-electron chi connectivity index (χ0n) is 42.0. The fourth-order valence-corrected chi connectivity index (χ4v) is 13.6. The minimum Gasteiger partial charge on any atom is -0.454 e. The van der Waals surface area contributed by atoms with Crippen LogP contribution in [0.25, 0.3) is 87.7 Å². The molecule has 0 saturated heterocycles. The van der Waals surface area contributed by atoms with Gasteiger partial charge >= 0.3 is 0 Å². The zero-order chi connectivity index (χ0) is 50.3. The van der Waals surface area contributed by atoms with Gasteiger partial charge in [0.05, 0.1) is 11.4 Å². The Hall–Kier alpha value is -9.64. The first-order chi connectivity index (χ1) is 37.4. The van der Waals surface area contributed by atoms with Crippen molar-refractivity contribution in [3.63, 3.8) is 0 Å². The minimum absolute atomic E-state index is 0.568. The van der Waals surface area contributed by atoms with Gasteiger partial charge in [-0.15, -0.1) is 0 Å². The van der Waals surface area contributed by atoms with Gasteiger partial charge in [0.25, 0.3) is 0 Å². The number of nitrogens with zero attached hydrogens (tertiary/aromatic N) is 2. The molecule has 2 aliphatic rings. The summed E-state index contributed by atoms with van der Waals surface area (Å²) in [6.45, 7) is 5.02. The van der Waals surface area contributed by atoms with Crippen molar-refractivity contribution in [3.8, 4) is 22.3 Å². The lowest BCUT2D eigenvalue weighted by Crippen LogP contribution is -2.44. The summed E-state index contributed by atoms with van der Waals surface area (Å²) in [6, 6.07) is 93.4. The van der Waals surface area contributed by atoms with Crippen molar-refractivity contribution in [2.45, 2.75) is 24.7 Å². The molecule has 358 valence electrons. The van der Waals surface area contributed by atoms with Crippen LogP contribution in [0.1, 0.15) is 36.1 Å². The molecule has 0 aliphatic heterocycles. The number of fused-ring (bicyclic) bond motifs is 14. The molecule has 12 aromatic carbocycles. The molecule has 4 nitrogen and oxygen atoms in total. The molecule has 0 N–H and O–H groups in total. The third-order valence-electron chi connectivity index (χ3n) is 17.3. The topological polar surface area (TPSA) is 32.8 Å². The highest BCUT2D eigenvalue weighted by atomic mass is 16.3. The Labute approximate surface area is 439 Å². The van der Waals surface area contributed by atoms with Gasteiger partial charge in [-0.25, -0.2) is 0 Å². The van der Waals surface area contributed by atoms with Crippen molar-refractivity contribution < 1.29 is 8.83 Å². The van der Waals surface area contributed by atoms with E-state index in [2.05, 4.69) is 278 Å². The standard InChI is InChI=1S/C72H48N2O2/c1-71(61-27-11-7-21-53(61)55-39-37-51(43-63(55)71)73(49-35-33-45-17-3-5-19-47(45)41-49)65-29-15-25-59-57-23-9-13-31-67(57)75-69(59)65)72(2)62-28-12-8-22-54(62)56-40-38-52(44-64(56)72)74(50-36-34-46-18-4-6-20-48(46)42-50)66-30-16-26-60-58-24-10-14-32-68(58)76-70(60)66/h3-44H,1-2H3. The first-order valence-electron chi connectivity index (χ1n) is 26.3. The van der Waals surface area contributed by atoms with Gasteiger partial charge in [-0.2, -0.15) is 0 Å². The molecule has 14 aromatic rings. The van der Waals surface area contributed by atoms with E-state index in [0.29, 0.717) is 0 Å². The molecule has 16 rings (SSSR count). The lowest BCUT2D eigenvalue weighted by Gasteiger charge is -2.45. The maximum absolute atomic E-state index is 6.86. The number of hydrogen-bond acceptors (Lipinski definition) is 4. The molecule has 2 heterocycles. The van der Waals surface area contributed by atoms with Gasteiger partial charge in [0.1, 0.15) is 11.2 Å². The van der Waals surface area contributed by atoms with E-state index in [1.54, 1.807) is 0 Å².